The van der Waals surface area contributed by atoms with E-state index in [0.717, 1.165) is 67.6 Å². The van der Waals surface area contributed by atoms with Crippen LogP contribution in [0.1, 0.15) is 279 Å². The first-order valence-corrected chi connectivity index (χ1v) is 28.5. The third-order valence-electron chi connectivity index (χ3n) is 17.6. The third kappa shape index (κ3) is 19.3. The molecule has 63 heavy (non-hydrogen) atoms. The molecule has 4 aliphatic carbocycles. The number of carbonyl (C=O) groups is 1. The molecule has 0 aromatic rings. The number of ether oxygens (including phenoxy) is 1. The van der Waals surface area contributed by atoms with Crippen molar-refractivity contribution in [3.63, 3.8) is 0 Å². The van der Waals surface area contributed by atoms with Gasteiger partial charge in [-0.1, -0.05) is 224 Å². The van der Waals surface area contributed by atoms with E-state index >= 15 is 0 Å². The first kappa shape index (κ1) is 54.0. The summed E-state index contributed by atoms with van der Waals surface area (Å²) < 4.78 is 6.18. The second-order valence-corrected chi connectivity index (χ2v) is 22.9. The molecule has 8 unspecified atom stereocenters. The van der Waals surface area contributed by atoms with Crippen LogP contribution in [0.2, 0.25) is 0 Å². The second-order valence-electron chi connectivity index (χ2n) is 22.9. The Kier molecular flexibility index (Phi) is 26.9. The minimum atomic E-state index is 0.0650. The molecule has 2 nitrogen and oxygen atoms in total. The molecule has 0 bridgehead atoms. The number of hydrogen-bond acceptors (Lipinski definition) is 2. The molecule has 362 valence electrons. The summed E-state index contributed by atoms with van der Waals surface area (Å²) in [4.78, 5) is 12.9. The zero-order valence-corrected chi connectivity index (χ0v) is 43.1. The number of carbonyl (C=O) groups excluding carboxylic acids is 1. The highest BCUT2D eigenvalue weighted by atomic mass is 16.5. The summed E-state index contributed by atoms with van der Waals surface area (Å²) >= 11 is 0. The molecule has 0 amide bonds. The number of unbranched alkanes of at least 4 members (excludes halogenated alkanes) is 21. The van der Waals surface area contributed by atoms with E-state index in [2.05, 4.69) is 84.1 Å². The SMILES string of the molecule is CCCCCCC/C=C\C/C=C\C/C=C\CCCCCCCCCCCCCCCCCCC(=O)OC1CCC2(C)C(=CCC3C2CCC2(C)C(C(C)CCCC(C)C)CCC32)C1. The Hall–Kier alpha value is -1.57. The molecule has 3 saturated carbocycles. The van der Waals surface area contributed by atoms with Crippen molar-refractivity contribution in [1.29, 1.82) is 0 Å². The van der Waals surface area contributed by atoms with Gasteiger partial charge in [0.1, 0.15) is 6.10 Å². The summed E-state index contributed by atoms with van der Waals surface area (Å²) in [6.45, 7) is 15.0. The highest BCUT2D eigenvalue weighted by molar-refractivity contribution is 5.69. The van der Waals surface area contributed by atoms with Crippen LogP contribution in [0, 0.1) is 46.3 Å². The summed E-state index contributed by atoms with van der Waals surface area (Å²) in [5, 5.41) is 0. The number of esters is 1. The van der Waals surface area contributed by atoms with Gasteiger partial charge in [-0.2, -0.15) is 0 Å². The van der Waals surface area contributed by atoms with Gasteiger partial charge in [-0.05, 0) is 136 Å². The monoisotopic (exact) mass is 871 g/mol. The van der Waals surface area contributed by atoms with Crippen LogP contribution in [0.5, 0.6) is 0 Å². The minimum Gasteiger partial charge on any atom is -0.462 e. The summed E-state index contributed by atoms with van der Waals surface area (Å²) in [6, 6.07) is 0. The van der Waals surface area contributed by atoms with Crippen LogP contribution >= 0.6 is 0 Å². The standard InChI is InChI=1S/C61H106O2/c1-7-8-9-10-11-12-13-14-15-16-17-18-19-20-21-22-23-24-25-26-27-28-29-30-31-32-33-34-35-36-37-41-59(62)63-54-46-48-60(5)53(50-54)42-43-55-57-45-44-56(52(4)40-38-39-51(2)3)61(57,6)49-47-58(55)60/h13-14,16-17,19-20,42,51-52,54-58H,7-12,15,18,21-41,43-50H2,1-6H3/b14-13-,17-16-,20-19-. The Bertz CT molecular complexity index is 1320. The maximum Gasteiger partial charge on any atom is 0.306 e. The summed E-state index contributed by atoms with van der Waals surface area (Å²) in [6.07, 6.45) is 65.2. The van der Waals surface area contributed by atoms with Gasteiger partial charge in [0, 0.05) is 12.8 Å². The molecule has 0 aromatic carbocycles. The van der Waals surface area contributed by atoms with Gasteiger partial charge < -0.3 is 4.74 Å². The lowest BCUT2D eigenvalue weighted by atomic mass is 9.47. The second kappa shape index (κ2) is 31.4. The van der Waals surface area contributed by atoms with Crippen molar-refractivity contribution in [1.82, 2.24) is 0 Å². The zero-order valence-electron chi connectivity index (χ0n) is 43.1. The van der Waals surface area contributed by atoms with Crippen molar-refractivity contribution in [3.05, 3.63) is 48.1 Å². The van der Waals surface area contributed by atoms with Crippen LogP contribution in [-0.4, -0.2) is 12.1 Å². The number of rotatable bonds is 35. The fraction of sp³-hybridized carbons (Fsp3) is 0.852. The Labute approximate surface area is 393 Å². The molecule has 2 heteroatoms. The molecule has 0 radical (unpaired) electrons. The Morgan fingerprint density at radius 1 is 0.619 bits per heavy atom. The van der Waals surface area contributed by atoms with Gasteiger partial charge >= 0.3 is 5.97 Å². The number of hydrogen-bond donors (Lipinski definition) is 0. The first-order chi connectivity index (χ1) is 30.7. The Morgan fingerprint density at radius 3 is 1.73 bits per heavy atom. The molecular weight excluding hydrogens is 765 g/mol. The Morgan fingerprint density at radius 2 is 1.16 bits per heavy atom. The molecule has 0 heterocycles. The normalized spacial score (nSPS) is 27.6. The lowest BCUT2D eigenvalue weighted by Crippen LogP contribution is -2.51. The van der Waals surface area contributed by atoms with E-state index in [4.69, 9.17) is 4.74 Å². The lowest BCUT2D eigenvalue weighted by molar-refractivity contribution is -0.151. The lowest BCUT2D eigenvalue weighted by Gasteiger charge is -2.58. The minimum absolute atomic E-state index is 0.0650. The number of allylic oxidation sites excluding steroid dienone is 7. The average molecular weight is 872 g/mol. The fourth-order valence-corrected chi connectivity index (χ4v) is 13.6. The fourth-order valence-electron chi connectivity index (χ4n) is 13.6. The van der Waals surface area contributed by atoms with Crippen LogP contribution in [0.4, 0.5) is 0 Å². The maximum atomic E-state index is 12.9. The van der Waals surface area contributed by atoms with E-state index in [9.17, 15) is 4.79 Å². The van der Waals surface area contributed by atoms with Crippen molar-refractivity contribution in [3.8, 4) is 0 Å². The highest BCUT2D eigenvalue weighted by Gasteiger charge is 2.59. The smallest absolute Gasteiger partial charge is 0.306 e. The van der Waals surface area contributed by atoms with Crippen LogP contribution in [0.25, 0.3) is 0 Å². The van der Waals surface area contributed by atoms with E-state index in [1.54, 1.807) is 5.57 Å². The highest BCUT2D eigenvalue weighted by Crippen LogP contribution is 2.67. The van der Waals surface area contributed by atoms with Crippen LogP contribution in [0.15, 0.2) is 48.1 Å². The van der Waals surface area contributed by atoms with Gasteiger partial charge in [-0.15, -0.1) is 0 Å². The van der Waals surface area contributed by atoms with Gasteiger partial charge in [0.25, 0.3) is 0 Å². The summed E-state index contributed by atoms with van der Waals surface area (Å²) in [5.41, 5.74) is 2.53. The molecule has 0 aliphatic heterocycles. The van der Waals surface area contributed by atoms with Crippen LogP contribution in [0.3, 0.4) is 0 Å². The van der Waals surface area contributed by atoms with Crippen molar-refractivity contribution in [2.75, 3.05) is 0 Å². The molecule has 0 spiro atoms. The maximum absolute atomic E-state index is 12.9. The van der Waals surface area contributed by atoms with E-state index < -0.39 is 0 Å². The largest absolute Gasteiger partial charge is 0.462 e. The van der Waals surface area contributed by atoms with Crippen LogP contribution < -0.4 is 0 Å². The molecule has 0 N–H and O–H groups in total. The quantitative estimate of drug-likeness (QED) is 0.0360. The van der Waals surface area contributed by atoms with E-state index in [1.807, 2.05) is 0 Å². The third-order valence-corrected chi connectivity index (χ3v) is 17.6. The topological polar surface area (TPSA) is 26.3 Å². The molecule has 4 aliphatic rings. The predicted molar refractivity (Wildman–Crippen MR) is 276 cm³/mol. The van der Waals surface area contributed by atoms with Crippen molar-refractivity contribution in [2.24, 2.45) is 46.3 Å². The molecule has 4 rings (SSSR count). The molecule has 3 fully saturated rings. The molecular formula is C61H106O2. The summed E-state index contributed by atoms with van der Waals surface area (Å²) in [7, 11) is 0. The van der Waals surface area contributed by atoms with Gasteiger partial charge in [-0.3, -0.25) is 4.79 Å². The van der Waals surface area contributed by atoms with E-state index in [1.165, 1.54) is 199 Å². The zero-order chi connectivity index (χ0) is 45.0. The number of fused-ring (bicyclic) bond motifs is 5. The van der Waals surface area contributed by atoms with Gasteiger partial charge in [0.2, 0.25) is 0 Å². The van der Waals surface area contributed by atoms with Gasteiger partial charge in [0.15, 0.2) is 0 Å². The Balaban J connectivity index is 0.915. The van der Waals surface area contributed by atoms with Crippen molar-refractivity contribution < 1.29 is 9.53 Å². The van der Waals surface area contributed by atoms with Gasteiger partial charge in [-0.25, -0.2) is 0 Å². The van der Waals surface area contributed by atoms with E-state index in [-0.39, 0.29) is 12.1 Å². The first-order valence-electron chi connectivity index (χ1n) is 28.5. The van der Waals surface area contributed by atoms with Crippen LogP contribution in [-0.2, 0) is 9.53 Å². The summed E-state index contributed by atoms with van der Waals surface area (Å²) in [5.74, 6) is 5.32. The van der Waals surface area contributed by atoms with Crippen molar-refractivity contribution in [2.45, 2.75) is 285 Å². The molecule has 0 saturated heterocycles. The average Bonchev–Trinajstić information content (AvgIpc) is 3.63. The van der Waals surface area contributed by atoms with Crippen molar-refractivity contribution >= 4 is 5.97 Å². The predicted octanol–water partition coefficient (Wildman–Crippen LogP) is 19.8. The van der Waals surface area contributed by atoms with Gasteiger partial charge in [0.05, 0.1) is 0 Å². The molecule has 8 atom stereocenters. The molecule has 0 aromatic heterocycles. The van der Waals surface area contributed by atoms with E-state index in [0.29, 0.717) is 17.3 Å².